The van der Waals surface area contributed by atoms with Crippen molar-refractivity contribution in [2.24, 2.45) is 94.7 Å². The standard InChI is InChI=1S/C32H60S/c1-15-17(3)21(7)29-27(19(15)5)23(9)25(11)31(29)33(13,14)32-26(12)24(10)28-20(6)16(2)18(4)22(8)30(28)32/h15-32H,1-14H3. The van der Waals surface area contributed by atoms with Crippen LogP contribution in [0.2, 0.25) is 0 Å². The maximum Gasteiger partial charge on any atom is -0.00519 e. The molecule has 4 rings (SSSR count). The highest BCUT2D eigenvalue weighted by Gasteiger charge is 2.63. The lowest BCUT2D eigenvalue weighted by Gasteiger charge is -2.58. The average molecular weight is 477 g/mol. The highest BCUT2D eigenvalue weighted by atomic mass is 32.3. The number of hydrogen-bond acceptors (Lipinski definition) is 0. The molecule has 18 atom stereocenters. The molecule has 0 aliphatic heterocycles. The van der Waals surface area contributed by atoms with Crippen LogP contribution in [0.4, 0.5) is 0 Å². The Morgan fingerprint density at radius 1 is 0.273 bits per heavy atom. The monoisotopic (exact) mass is 476 g/mol. The fourth-order valence-electron chi connectivity index (χ4n) is 11.5. The van der Waals surface area contributed by atoms with Gasteiger partial charge >= 0.3 is 0 Å². The van der Waals surface area contributed by atoms with Gasteiger partial charge in [0.1, 0.15) is 0 Å². The summed E-state index contributed by atoms with van der Waals surface area (Å²) in [5.74, 6) is 14.4. The van der Waals surface area contributed by atoms with Crippen molar-refractivity contribution in [2.75, 3.05) is 12.5 Å². The molecule has 0 heterocycles. The minimum Gasteiger partial charge on any atom is -0.240 e. The van der Waals surface area contributed by atoms with E-state index in [1.165, 1.54) is 0 Å². The zero-order valence-electron chi connectivity index (χ0n) is 24.8. The van der Waals surface area contributed by atoms with Gasteiger partial charge in [-0.2, -0.15) is 0 Å². The summed E-state index contributed by atoms with van der Waals surface area (Å²) in [6, 6.07) is 0. The van der Waals surface area contributed by atoms with Crippen LogP contribution < -0.4 is 0 Å². The topological polar surface area (TPSA) is 0 Å². The molecule has 1 heteroatoms. The van der Waals surface area contributed by atoms with Crippen LogP contribution in [-0.2, 0) is 0 Å². The smallest absolute Gasteiger partial charge is 0.00519 e. The average Bonchev–Trinajstić information content (AvgIpc) is 3.19. The van der Waals surface area contributed by atoms with E-state index in [0.717, 1.165) is 105 Å². The molecule has 0 aromatic carbocycles. The van der Waals surface area contributed by atoms with Crippen LogP contribution in [0.25, 0.3) is 0 Å². The van der Waals surface area contributed by atoms with E-state index in [1.807, 2.05) is 0 Å². The minimum absolute atomic E-state index is 0.738. The lowest BCUT2D eigenvalue weighted by Crippen LogP contribution is -2.49. The number of fused-ring (bicyclic) bond motifs is 2. The summed E-state index contributed by atoms with van der Waals surface area (Å²) in [6.07, 6.45) is 5.69. The summed E-state index contributed by atoms with van der Waals surface area (Å²) >= 11 is 0. The summed E-state index contributed by atoms with van der Waals surface area (Å²) in [6.45, 7) is 31.6. The summed E-state index contributed by atoms with van der Waals surface area (Å²) < 4.78 is 0. The first kappa shape index (κ1) is 26.4. The first-order chi connectivity index (χ1) is 15.2. The molecule has 4 fully saturated rings. The van der Waals surface area contributed by atoms with Crippen LogP contribution in [0.1, 0.15) is 83.1 Å². The number of rotatable bonds is 2. The zero-order chi connectivity index (χ0) is 24.9. The van der Waals surface area contributed by atoms with Gasteiger partial charge in [-0.05, 0) is 118 Å². The molecule has 0 aromatic rings. The van der Waals surface area contributed by atoms with Crippen molar-refractivity contribution in [1.82, 2.24) is 0 Å². The molecule has 4 aliphatic carbocycles. The molecule has 0 aromatic heterocycles. The molecule has 4 saturated carbocycles. The van der Waals surface area contributed by atoms with Crippen LogP contribution in [0, 0.1) is 94.7 Å². The summed E-state index contributed by atoms with van der Waals surface area (Å²) in [7, 11) is -0.738. The lowest BCUT2D eigenvalue weighted by molar-refractivity contribution is 0.0131. The highest BCUT2D eigenvalue weighted by molar-refractivity contribution is 8.33. The van der Waals surface area contributed by atoms with Crippen molar-refractivity contribution in [2.45, 2.75) is 93.6 Å². The molecular weight excluding hydrogens is 416 g/mol. The first-order valence-corrected chi connectivity index (χ1v) is 17.5. The molecular formula is C32H60S. The van der Waals surface area contributed by atoms with Crippen molar-refractivity contribution in [3.05, 3.63) is 0 Å². The van der Waals surface area contributed by atoms with Crippen LogP contribution in [0.3, 0.4) is 0 Å². The van der Waals surface area contributed by atoms with E-state index >= 15 is 0 Å². The fraction of sp³-hybridized carbons (Fsp3) is 1.00. The molecule has 0 bridgehead atoms. The van der Waals surface area contributed by atoms with E-state index in [-0.39, 0.29) is 0 Å². The van der Waals surface area contributed by atoms with Crippen molar-refractivity contribution in [3.8, 4) is 0 Å². The van der Waals surface area contributed by atoms with Gasteiger partial charge in [0.25, 0.3) is 0 Å². The summed E-state index contributed by atoms with van der Waals surface area (Å²) in [5, 5.41) is 1.92. The van der Waals surface area contributed by atoms with Gasteiger partial charge in [0, 0.05) is 0 Å². The van der Waals surface area contributed by atoms with Gasteiger partial charge < -0.3 is 0 Å². The zero-order valence-corrected chi connectivity index (χ0v) is 25.6. The van der Waals surface area contributed by atoms with Crippen LogP contribution in [-0.4, -0.2) is 23.0 Å². The van der Waals surface area contributed by atoms with Gasteiger partial charge in [0.15, 0.2) is 0 Å². The van der Waals surface area contributed by atoms with Crippen LogP contribution in [0.5, 0.6) is 0 Å². The van der Waals surface area contributed by atoms with Gasteiger partial charge in [0.05, 0.1) is 0 Å². The van der Waals surface area contributed by atoms with Crippen LogP contribution >= 0.6 is 10.0 Å². The molecule has 4 aliphatic rings. The number of hydrogen-bond donors (Lipinski definition) is 0. The Balaban J connectivity index is 1.77. The molecule has 18 unspecified atom stereocenters. The maximum atomic E-state index is 2.85. The SMILES string of the molecule is CC1C(C)C(C)C2C(C1C)C(C)C(C)C2S(C)(C)C1C(C)C(C)C2C(C)C(C)C(C)C(C)C21. The van der Waals surface area contributed by atoms with E-state index in [2.05, 4.69) is 95.6 Å². The third-order valence-corrected chi connectivity index (χ3v) is 18.7. The lowest BCUT2D eigenvalue weighted by atomic mass is 9.58. The maximum absolute atomic E-state index is 2.85. The van der Waals surface area contributed by atoms with Gasteiger partial charge in [0.2, 0.25) is 0 Å². The Hall–Kier alpha value is 0.350. The third-order valence-electron chi connectivity index (χ3n) is 14.4. The second-order valence-electron chi connectivity index (χ2n) is 15.0. The Morgan fingerprint density at radius 3 is 0.758 bits per heavy atom. The molecule has 0 amide bonds. The van der Waals surface area contributed by atoms with E-state index in [1.54, 1.807) is 0 Å². The highest BCUT2D eigenvalue weighted by Crippen LogP contribution is 2.74. The largest absolute Gasteiger partial charge is 0.240 e. The predicted octanol–water partition coefficient (Wildman–Crippen LogP) is 8.94. The van der Waals surface area contributed by atoms with E-state index in [9.17, 15) is 0 Å². The Labute approximate surface area is 210 Å². The molecule has 194 valence electrons. The molecule has 33 heavy (non-hydrogen) atoms. The quantitative estimate of drug-likeness (QED) is 0.373. The van der Waals surface area contributed by atoms with Crippen molar-refractivity contribution in [1.29, 1.82) is 0 Å². The van der Waals surface area contributed by atoms with Crippen LogP contribution in [0.15, 0.2) is 0 Å². The molecule has 0 radical (unpaired) electrons. The van der Waals surface area contributed by atoms with Gasteiger partial charge in [-0.25, -0.2) is 10.0 Å². The van der Waals surface area contributed by atoms with Gasteiger partial charge in [-0.3, -0.25) is 0 Å². The first-order valence-electron chi connectivity index (χ1n) is 14.9. The second kappa shape index (κ2) is 8.73. The van der Waals surface area contributed by atoms with Crippen molar-refractivity contribution >= 4 is 10.0 Å². The molecule has 0 nitrogen and oxygen atoms in total. The van der Waals surface area contributed by atoms with Crippen molar-refractivity contribution in [3.63, 3.8) is 0 Å². The molecule has 0 spiro atoms. The fourth-order valence-corrected chi connectivity index (χ4v) is 17.1. The van der Waals surface area contributed by atoms with E-state index in [0.29, 0.717) is 0 Å². The summed E-state index contributed by atoms with van der Waals surface area (Å²) in [5.41, 5.74) is 0. The van der Waals surface area contributed by atoms with E-state index in [4.69, 9.17) is 0 Å². The second-order valence-corrected chi connectivity index (χ2v) is 19.1. The summed E-state index contributed by atoms with van der Waals surface area (Å²) in [4.78, 5) is 0. The Morgan fingerprint density at radius 2 is 0.485 bits per heavy atom. The van der Waals surface area contributed by atoms with Gasteiger partial charge in [-0.1, -0.05) is 83.1 Å². The van der Waals surface area contributed by atoms with E-state index < -0.39 is 10.0 Å². The molecule has 0 saturated heterocycles. The molecule has 0 N–H and O–H groups in total. The minimum atomic E-state index is -0.738. The Kier molecular flexibility index (Phi) is 6.99. The van der Waals surface area contributed by atoms with Crippen molar-refractivity contribution < 1.29 is 0 Å². The normalized spacial score (nSPS) is 62.1. The Bertz CT molecular complexity index is 653. The van der Waals surface area contributed by atoms with Gasteiger partial charge in [-0.15, -0.1) is 0 Å². The third kappa shape index (κ3) is 3.49. The predicted molar refractivity (Wildman–Crippen MR) is 151 cm³/mol.